The van der Waals surface area contributed by atoms with Crippen molar-refractivity contribution in [2.75, 3.05) is 13.1 Å². The van der Waals surface area contributed by atoms with E-state index in [-0.39, 0.29) is 23.1 Å². The zero-order chi connectivity index (χ0) is 15.1. The van der Waals surface area contributed by atoms with E-state index in [9.17, 15) is 13.6 Å². The summed E-state index contributed by atoms with van der Waals surface area (Å²) in [5, 5.41) is 8.78. The molecule has 0 saturated heterocycles. The average Bonchev–Trinajstić information content (AvgIpc) is 2.43. The molecule has 108 valence electrons. The van der Waals surface area contributed by atoms with E-state index in [2.05, 4.69) is 10.8 Å². The van der Waals surface area contributed by atoms with Crippen LogP contribution in [-0.2, 0) is 0 Å². The summed E-state index contributed by atoms with van der Waals surface area (Å²) in [6.07, 6.45) is 0. The van der Waals surface area contributed by atoms with Crippen LogP contribution in [0.5, 0.6) is 5.75 Å². The first-order valence-corrected chi connectivity index (χ1v) is 6.21. The predicted octanol–water partition coefficient (Wildman–Crippen LogP) is 2.91. The number of hydrogen-bond donors (Lipinski definition) is 0. The molecular weight excluding hydrogens is 266 g/mol. The third kappa shape index (κ3) is 4.50. The van der Waals surface area contributed by atoms with Crippen molar-refractivity contribution in [2.45, 2.75) is 20.5 Å². The number of carbonyl (C=O) groups excluding carboxylic acids is 1. The van der Waals surface area contributed by atoms with Crippen molar-refractivity contribution in [2.24, 2.45) is 5.92 Å². The minimum absolute atomic E-state index is 0.0600. The maximum Gasteiger partial charge on any atom is 0.387 e. The molecule has 0 spiro atoms. The third-order valence-corrected chi connectivity index (χ3v) is 2.69. The van der Waals surface area contributed by atoms with Crippen molar-refractivity contribution in [3.8, 4) is 11.8 Å². The molecule has 0 heterocycles. The molecule has 0 saturated carbocycles. The van der Waals surface area contributed by atoms with Gasteiger partial charge in [-0.05, 0) is 32.0 Å². The van der Waals surface area contributed by atoms with Crippen LogP contribution >= 0.6 is 0 Å². The van der Waals surface area contributed by atoms with Crippen LogP contribution in [0, 0.1) is 17.2 Å². The number of nitrogens with zero attached hydrogens (tertiary/aromatic N) is 2. The van der Waals surface area contributed by atoms with E-state index in [0.717, 1.165) is 0 Å². The number of amides is 1. The monoisotopic (exact) mass is 282 g/mol. The van der Waals surface area contributed by atoms with E-state index < -0.39 is 6.61 Å². The summed E-state index contributed by atoms with van der Waals surface area (Å²) in [6, 6.07) is 7.69. The SMILES string of the molecule is CCN(CC(C)C#N)C(=O)c1cccc(OC(F)F)c1. The molecule has 1 rings (SSSR count). The molecule has 1 aromatic rings. The number of benzene rings is 1. The van der Waals surface area contributed by atoms with Crippen LogP contribution in [0.3, 0.4) is 0 Å². The van der Waals surface area contributed by atoms with E-state index in [1.165, 1.54) is 29.2 Å². The highest BCUT2D eigenvalue weighted by atomic mass is 19.3. The Kier molecular flexibility index (Phi) is 5.91. The first kappa shape index (κ1) is 15.9. The third-order valence-electron chi connectivity index (χ3n) is 2.69. The molecule has 20 heavy (non-hydrogen) atoms. The summed E-state index contributed by atoms with van der Waals surface area (Å²) in [7, 11) is 0. The lowest BCUT2D eigenvalue weighted by atomic mass is 10.1. The van der Waals surface area contributed by atoms with Crippen molar-refractivity contribution in [3.63, 3.8) is 0 Å². The number of alkyl halides is 2. The number of ether oxygens (including phenoxy) is 1. The second-order valence-electron chi connectivity index (χ2n) is 4.28. The fourth-order valence-electron chi connectivity index (χ4n) is 1.71. The lowest BCUT2D eigenvalue weighted by Gasteiger charge is -2.22. The smallest absolute Gasteiger partial charge is 0.387 e. The second-order valence-corrected chi connectivity index (χ2v) is 4.28. The number of hydrogen-bond acceptors (Lipinski definition) is 3. The summed E-state index contributed by atoms with van der Waals surface area (Å²) in [5.41, 5.74) is 0.259. The standard InChI is InChI=1S/C14H16F2N2O2/c1-3-18(9-10(2)8-17)13(19)11-5-4-6-12(7-11)20-14(15)16/h4-7,10,14H,3,9H2,1-2H3. The fourth-order valence-corrected chi connectivity index (χ4v) is 1.71. The highest BCUT2D eigenvalue weighted by molar-refractivity contribution is 5.94. The normalized spacial score (nSPS) is 11.8. The Morgan fingerprint density at radius 2 is 2.20 bits per heavy atom. The molecule has 1 unspecified atom stereocenters. The molecule has 0 aliphatic carbocycles. The van der Waals surface area contributed by atoms with Gasteiger partial charge in [0.15, 0.2) is 0 Å². The van der Waals surface area contributed by atoms with Gasteiger partial charge in [0.1, 0.15) is 5.75 Å². The Balaban J connectivity index is 2.87. The van der Waals surface area contributed by atoms with Gasteiger partial charge in [0.25, 0.3) is 5.91 Å². The van der Waals surface area contributed by atoms with Crippen LogP contribution in [0.1, 0.15) is 24.2 Å². The summed E-state index contributed by atoms with van der Waals surface area (Å²) in [6.45, 7) is 1.31. The fraction of sp³-hybridized carbons (Fsp3) is 0.429. The van der Waals surface area contributed by atoms with Crippen LogP contribution in [0.2, 0.25) is 0 Å². The maximum atomic E-state index is 12.2. The molecule has 0 radical (unpaired) electrons. The van der Waals surface area contributed by atoms with Gasteiger partial charge >= 0.3 is 6.61 Å². The molecule has 0 aliphatic heterocycles. The van der Waals surface area contributed by atoms with Gasteiger partial charge in [0.05, 0.1) is 12.0 Å². The predicted molar refractivity (Wildman–Crippen MR) is 69.4 cm³/mol. The van der Waals surface area contributed by atoms with E-state index in [4.69, 9.17) is 5.26 Å². The van der Waals surface area contributed by atoms with Crippen molar-refractivity contribution in [1.29, 1.82) is 5.26 Å². The summed E-state index contributed by atoms with van der Waals surface area (Å²) in [5.74, 6) is -0.663. The van der Waals surface area contributed by atoms with Gasteiger partial charge in [-0.1, -0.05) is 6.07 Å². The van der Waals surface area contributed by atoms with Gasteiger partial charge in [-0.2, -0.15) is 14.0 Å². The molecule has 0 aromatic heterocycles. The van der Waals surface area contributed by atoms with Crippen LogP contribution in [0.25, 0.3) is 0 Å². The Bertz CT molecular complexity index is 500. The van der Waals surface area contributed by atoms with Gasteiger partial charge in [-0.25, -0.2) is 0 Å². The molecule has 0 aliphatic rings. The largest absolute Gasteiger partial charge is 0.435 e. The zero-order valence-electron chi connectivity index (χ0n) is 11.3. The molecule has 0 N–H and O–H groups in total. The summed E-state index contributed by atoms with van der Waals surface area (Å²) >= 11 is 0. The molecule has 1 atom stereocenters. The number of halogens is 2. The number of nitriles is 1. The van der Waals surface area contributed by atoms with E-state index in [0.29, 0.717) is 13.1 Å². The quantitative estimate of drug-likeness (QED) is 0.806. The van der Waals surface area contributed by atoms with Crippen LogP contribution in [-0.4, -0.2) is 30.5 Å². The minimum Gasteiger partial charge on any atom is -0.435 e. The molecule has 6 heteroatoms. The van der Waals surface area contributed by atoms with Gasteiger partial charge in [-0.3, -0.25) is 4.79 Å². The Labute approximate surface area is 116 Å². The molecule has 0 fully saturated rings. The van der Waals surface area contributed by atoms with Gasteiger partial charge in [0, 0.05) is 18.7 Å². The maximum absolute atomic E-state index is 12.2. The first-order chi connectivity index (χ1) is 9.47. The zero-order valence-corrected chi connectivity index (χ0v) is 11.3. The molecular formula is C14H16F2N2O2. The second kappa shape index (κ2) is 7.43. The topological polar surface area (TPSA) is 53.3 Å². The lowest BCUT2D eigenvalue weighted by molar-refractivity contribution is -0.0499. The number of rotatable bonds is 6. The van der Waals surface area contributed by atoms with Gasteiger partial charge in [-0.15, -0.1) is 0 Å². The highest BCUT2D eigenvalue weighted by Gasteiger charge is 2.17. The Morgan fingerprint density at radius 3 is 2.75 bits per heavy atom. The summed E-state index contributed by atoms with van der Waals surface area (Å²) < 4.78 is 28.5. The van der Waals surface area contributed by atoms with E-state index >= 15 is 0 Å². The molecule has 4 nitrogen and oxygen atoms in total. The van der Waals surface area contributed by atoms with E-state index in [1.807, 2.05) is 0 Å². The van der Waals surface area contributed by atoms with Crippen molar-refractivity contribution in [1.82, 2.24) is 4.90 Å². The van der Waals surface area contributed by atoms with Crippen LogP contribution in [0.4, 0.5) is 8.78 Å². The van der Waals surface area contributed by atoms with Crippen molar-refractivity contribution >= 4 is 5.91 Å². The van der Waals surface area contributed by atoms with E-state index in [1.54, 1.807) is 13.8 Å². The van der Waals surface area contributed by atoms with Crippen LogP contribution in [0.15, 0.2) is 24.3 Å². The number of carbonyl (C=O) groups is 1. The van der Waals surface area contributed by atoms with Crippen molar-refractivity contribution in [3.05, 3.63) is 29.8 Å². The molecule has 1 amide bonds. The molecule has 0 bridgehead atoms. The lowest BCUT2D eigenvalue weighted by Crippen LogP contribution is -2.34. The minimum atomic E-state index is -2.93. The average molecular weight is 282 g/mol. The summed E-state index contributed by atoms with van der Waals surface area (Å²) in [4.78, 5) is 13.7. The highest BCUT2D eigenvalue weighted by Crippen LogP contribution is 2.17. The molecule has 1 aromatic carbocycles. The Morgan fingerprint density at radius 1 is 1.50 bits per heavy atom. The van der Waals surface area contributed by atoms with Gasteiger partial charge in [0.2, 0.25) is 0 Å². The Hall–Kier alpha value is -2.16. The van der Waals surface area contributed by atoms with Crippen molar-refractivity contribution < 1.29 is 18.3 Å². The van der Waals surface area contributed by atoms with Crippen LogP contribution < -0.4 is 4.74 Å². The first-order valence-electron chi connectivity index (χ1n) is 6.21. The van der Waals surface area contributed by atoms with Gasteiger partial charge < -0.3 is 9.64 Å².